The van der Waals surface area contributed by atoms with Gasteiger partial charge in [0.05, 0.1) is 20.3 Å². The summed E-state index contributed by atoms with van der Waals surface area (Å²) in [4.78, 5) is 8.46. The minimum absolute atomic E-state index is 0. The molecular weight excluding hydrogens is 498 g/mol. The summed E-state index contributed by atoms with van der Waals surface area (Å²) in [5.74, 6) is 2.02. The van der Waals surface area contributed by atoms with Crippen LogP contribution in [0.3, 0.4) is 0 Å². The van der Waals surface area contributed by atoms with Gasteiger partial charge >= 0.3 is 0 Å². The number of rotatable bonds is 8. The quantitative estimate of drug-likeness (QED) is 0.320. The topological polar surface area (TPSA) is 49.3 Å². The molecule has 0 heterocycles. The molecule has 0 spiro atoms. The zero-order valence-corrected chi connectivity index (χ0v) is 20.8. The first-order chi connectivity index (χ1) is 13.9. The molecule has 8 heteroatoms. The first-order valence-corrected chi connectivity index (χ1v) is 9.44. The Hall–Kier alpha value is -2.07. The zero-order chi connectivity index (χ0) is 21.4. The van der Waals surface area contributed by atoms with Crippen LogP contribution in [0.5, 0.6) is 11.5 Å². The minimum atomic E-state index is -0.234. The molecule has 2 aromatic rings. The molecule has 0 aromatic heterocycles. The van der Waals surface area contributed by atoms with E-state index in [0.717, 1.165) is 28.6 Å². The molecule has 1 N–H and O–H groups in total. The molecule has 0 saturated carbocycles. The second-order valence-corrected chi connectivity index (χ2v) is 7.00. The van der Waals surface area contributed by atoms with E-state index >= 15 is 0 Å². The van der Waals surface area contributed by atoms with Gasteiger partial charge in [0.25, 0.3) is 0 Å². The number of nitrogens with one attached hydrogen (secondary N) is 1. The van der Waals surface area contributed by atoms with Crippen LogP contribution in [0.4, 0.5) is 4.39 Å². The average Bonchev–Trinajstić information content (AvgIpc) is 2.71. The smallest absolute Gasteiger partial charge is 0.193 e. The van der Waals surface area contributed by atoms with Crippen LogP contribution in [0, 0.1) is 5.82 Å². The number of hydrogen-bond donors (Lipinski definition) is 1. The van der Waals surface area contributed by atoms with Gasteiger partial charge in [-0.15, -0.1) is 24.0 Å². The molecule has 1 unspecified atom stereocenters. The number of benzene rings is 2. The molecule has 2 rings (SSSR count). The molecule has 0 aliphatic carbocycles. The van der Waals surface area contributed by atoms with Crippen molar-refractivity contribution in [3.63, 3.8) is 0 Å². The highest BCUT2D eigenvalue weighted by Crippen LogP contribution is 2.25. The summed E-state index contributed by atoms with van der Waals surface area (Å²) in [5, 5.41) is 3.40. The van der Waals surface area contributed by atoms with E-state index in [0.29, 0.717) is 13.1 Å². The molecule has 6 nitrogen and oxygen atoms in total. The number of nitrogens with zero attached hydrogens (tertiary/aromatic N) is 3. The molecule has 0 aliphatic rings. The van der Waals surface area contributed by atoms with Gasteiger partial charge in [-0.05, 0) is 43.9 Å². The largest absolute Gasteiger partial charge is 0.497 e. The molecule has 30 heavy (non-hydrogen) atoms. The van der Waals surface area contributed by atoms with E-state index in [9.17, 15) is 4.39 Å². The van der Waals surface area contributed by atoms with Crippen molar-refractivity contribution in [3.8, 4) is 11.5 Å². The van der Waals surface area contributed by atoms with Gasteiger partial charge in [0.15, 0.2) is 5.96 Å². The van der Waals surface area contributed by atoms with Crippen molar-refractivity contribution in [1.29, 1.82) is 0 Å². The fourth-order valence-electron chi connectivity index (χ4n) is 3.20. The molecule has 2 aromatic carbocycles. The number of aliphatic imine (C=N–C) groups is 1. The second kappa shape index (κ2) is 12.6. The summed E-state index contributed by atoms with van der Waals surface area (Å²) in [5.41, 5.74) is 1.94. The third-order valence-electron chi connectivity index (χ3n) is 4.79. The normalized spacial score (nSPS) is 12.2. The van der Waals surface area contributed by atoms with Crippen LogP contribution in [0.15, 0.2) is 47.5 Å². The number of hydrogen-bond acceptors (Lipinski definition) is 4. The summed E-state index contributed by atoms with van der Waals surface area (Å²) in [7, 11) is 10.9. The maximum atomic E-state index is 13.7. The summed E-state index contributed by atoms with van der Waals surface area (Å²) < 4.78 is 24.4. The highest BCUT2D eigenvalue weighted by atomic mass is 127. The van der Waals surface area contributed by atoms with E-state index in [1.165, 1.54) is 6.07 Å². The SMILES string of the molecule is CN=C(NCC(c1cccc(F)c1)N(C)C)N(C)Cc1ccc(OC)cc1OC.I. The first-order valence-electron chi connectivity index (χ1n) is 9.44. The van der Waals surface area contributed by atoms with E-state index in [1.807, 2.05) is 50.3 Å². The van der Waals surface area contributed by atoms with Gasteiger partial charge in [-0.25, -0.2) is 4.39 Å². The van der Waals surface area contributed by atoms with Crippen LogP contribution in [0.2, 0.25) is 0 Å². The van der Waals surface area contributed by atoms with E-state index < -0.39 is 0 Å². The van der Waals surface area contributed by atoms with E-state index in [2.05, 4.69) is 15.2 Å². The monoisotopic (exact) mass is 530 g/mol. The standard InChI is InChI=1S/C22H31FN4O2.HI/c1-24-22(25-14-20(26(2)3)16-8-7-9-18(23)12-16)27(4)15-17-10-11-19(28-5)13-21(17)29-6;/h7-13,20H,14-15H2,1-6H3,(H,24,25);1H. The number of guanidine groups is 1. The van der Waals surface area contributed by atoms with Crippen LogP contribution in [0.1, 0.15) is 17.2 Å². The lowest BCUT2D eigenvalue weighted by Gasteiger charge is -2.28. The van der Waals surface area contributed by atoms with E-state index in [-0.39, 0.29) is 35.8 Å². The van der Waals surface area contributed by atoms with Crippen molar-refractivity contribution < 1.29 is 13.9 Å². The van der Waals surface area contributed by atoms with Crippen molar-refractivity contribution in [1.82, 2.24) is 15.1 Å². The fraction of sp³-hybridized carbons (Fsp3) is 0.409. The van der Waals surface area contributed by atoms with Gasteiger partial charge in [-0.2, -0.15) is 0 Å². The predicted molar refractivity (Wildman–Crippen MR) is 131 cm³/mol. The van der Waals surface area contributed by atoms with Crippen molar-refractivity contribution in [3.05, 3.63) is 59.4 Å². The molecule has 166 valence electrons. The average molecular weight is 530 g/mol. The maximum Gasteiger partial charge on any atom is 0.193 e. The van der Waals surface area contributed by atoms with Crippen molar-refractivity contribution in [2.75, 3.05) is 49.0 Å². The summed E-state index contributed by atoms with van der Waals surface area (Å²) in [6.07, 6.45) is 0. The maximum absolute atomic E-state index is 13.7. The van der Waals surface area contributed by atoms with Crippen molar-refractivity contribution >= 4 is 29.9 Å². The van der Waals surface area contributed by atoms with Crippen LogP contribution in [-0.2, 0) is 6.54 Å². The van der Waals surface area contributed by atoms with Crippen LogP contribution in [0.25, 0.3) is 0 Å². The van der Waals surface area contributed by atoms with Crippen molar-refractivity contribution in [2.24, 2.45) is 4.99 Å². The Bertz CT molecular complexity index is 833. The zero-order valence-electron chi connectivity index (χ0n) is 18.5. The summed E-state index contributed by atoms with van der Waals surface area (Å²) in [6.45, 7) is 1.20. The Morgan fingerprint density at radius 2 is 1.83 bits per heavy atom. The van der Waals surface area contributed by atoms with Gasteiger partial charge in [-0.3, -0.25) is 4.99 Å². The number of likely N-dealkylation sites (N-methyl/N-ethyl adjacent to an activating group) is 1. The van der Waals surface area contributed by atoms with Gasteiger partial charge in [0.2, 0.25) is 0 Å². The number of halogens is 2. The predicted octanol–water partition coefficient (Wildman–Crippen LogP) is 3.77. The summed E-state index contributed by atoms with van der Waals surface area (Å²) >= 11 is 0. The lowest BCUT2D eigenvalue weighted by atomic mass is 10.1. The molecule has 0 saturated heterocycles. The Morgan fingerprint density at radius 1 is 1.10 bits per heavy atom. The second-order valence-electron chi connectivity index (χ2n) is 7.00. The molecule has 0 fully saturated rings. The minimum Gasteiger partial charge on any atom is -0.497 e. The molecule has 0 aliphatic heterocycles. The van der Waals surface area contributed by atoms with Crippen LogP contribution >= 0.6 is 24.0 Å². The third-order valence-corrected chi connectivity index (χ3v) is 4.79. The fourth-order valence-corrected chi connectivity index (χ4v) is 3.20. The van der Waals surface area contributed by atoms with Crippen LogP contribution in [-0.4, -0.2) is 64.7 Å². The summed E-state index contributed by atoms with van der Waals surface area (Å²) in [6, 6.07) is 12.5. The highest BCUT2D eigenvalue weighted by Gasteiger charge is 2.17. The van der Waals surface area contributed by atoms with Gasteiger partial charge in [0.1, 0.15) is 17.3 Å². The molecule has 0 bridgehead atoms. The number of ether oxygens (including phenoxy) is 2. The first kappa shape index (κ1) is 26.0. The van der Waals surface area contributed by atoms with Crippen molar-refractivity contribution in [2.45, 2.75) is 12.6 Å². The van der Waals surface area contributed by atoms with Gasteiger partial charge in [0, 0.05) is 38.8 Å². The molecule has 0 amide bonds. The highest BCUT2D eigenvalue weighted by molar-refractivity contribution is 14.0. The lowest BCUT2D eigenvalue weighted by Crippen LogP contribution is -2.42. The molecular formula is C22H32FIN4O2. The van der Waals surface area contributed by atoms with E-state index in [1.54, 1.807) is 33.4 Å². The Morgan fingerprint density at radius 3 is 2.40 bits per heavy atom. The Balaban J connectivity index is 0.00000450. The Labute approximate surface area is 196 Å². The van der Waals surface area contributed by atoms with E-state index in [4.69, 9.17) is 9.47 Å². The Kier molecular flexibility index (Phi) is 10.9. The van der Waals surface area contributed by atoms with Crippen LogP contribution < -0.4 is 14.8 Å². The van der Waals surface area contributed by atoms with Gasteiger partial charge in [-0.1, -0.05) is 12.1 Å². The third kappa shape index (κ3) is 7.02. The van der Waals surface area contributed by atoms with Gasteiger partial charge < -0.3 is 24.6 Å². The molecule has 1 atom stereocenters. The molecule has 0 radical (unpaired) electrons. The number of methoxy groups -OCH3 is 2. The lowest BCUT2D eigenvalue weighted by molar-refractivity contribution is 0.294.